The fourth-order valence-electron chi connectivity index (χ4n) is 1.78. The van der Waals surface area contributed by atoms with Crippen LogP contribution in [0, 0.1) is 0 Å². The fourth-order valence-corrected chi connectivity index (χ4v) is 1.78. The van der Waals surface area contributed by atoms with E-state index in [-0.39, 0.29) is 11.3 Å². The van der Waals surface area contributed by atoms with Crippen molar-refractivity contribution in [2.75, 3.05) is 32.9 Å². The lowest BCUT2D eigenvalue weighted by Crippen LogP contribution is -2.26. The number of amides is 1. The molecule has 21 heavy (non-hydrogen) atoms. The number of anilines is 1. The zero-order valence-corrected chi connectivity index (χ0v) is 12.1. The lowest BCUT2D eigenvalue weighted by atomic mass is 10.1. The Labute approximate surface area is 122 Å². The topological polar surface area (TPSA) is 58.4 Å². The number of hydrogen-bond donors (Lipinski definition) is 2. The first-order chi connectivity index (χ1) is 9.71. The van der Waals surface area contributed by atoms with Gasteiger partial charge in [-0.3, -0.25) is 4.79 Å². The second-order valence-electron chi connectivity index (χ2n) is 5.07. The summed E-state index contributed by atoms with van der Waals surface area (Å²) < 4.78 is 37.8. The minimum Gasteiger partial charge on any atom is -0.398 e. The third kappa shape index (κ3) is 5.63. The van der Waals surface area contributed by atoms with Crippen molar-refractivity contribution in [3.8, 4) is 0 Å². The summed E-state index contributed by atoms with van der Waals surface area (Å²) >= 11 is 0. The molecule has 0 atom stereocenters. The van der Waals surface area contributed by atoms with Gasteiger partial charge in [-0.2, -0.15) is 13.2 Å². The van der Waals surface area contributed by atoms with E-state index >= 15 is 0 Å². The van der Waals surface area contributed by atoms with Crippen molar-refractivity contribution in [2.45, 2.75) is 19.0 Å². The van der Waals surface area contributed by atoms with Gasteiger partial charge in [0.15, 0.2) is 0 Å². The first kappa shape index (κ1) is 17.3. The standard InChI is InChI=1S/C14H20F3N3O/c1-20(2)8-4-3-7-19-13(21)11-9-10(14(15,16)17)5-6-12(11)18/h5-6,9H,3-4,7-8,18H2,1-2H3,(H,19,21). The van der Waals surface area contributed by atoms with Gasteiger partial charge in [0.25, 0.3) is 5.91 Å². The van der Waals surface area contributed by atoms with Crippen LogP contribution in [0.2, 0.25) is 0 Å². The molecule has 1 aromatic carbocycles. The van der Waals surface area contributed by atoms with Crippen LogP contribution in [-0.4, -0.2) is 38.0 Å². The van der Waals surface area contributed by atoms with E-state index in [0.717, 1.165) is 37.6 Å². The Morgan fingerprint density at radius 2 is 1.95 bits per heavy atom. The molecule has 1 aromatic rings. The fraction of sp³-hybridized carbons (Fsp3) is 0.500. The molecule has 0 aliphatic carbocycles. The van der Waals surface area contributed by atoms with E-state index in [4.69, 9.17) is 5.73 Å². The maximum Gasteiger partial charge on any atom is 0.416 e. The van der Waals surface area contributed by atoms with E-state index in [1.54, 1.807) is 0 Å². The van der Waals surface area contributed by atoms with Gasteiger partial charge in [-0.05, 0) is 51.7 Å². The first-order valence-corrected chi connectivity index (χ1v) is 6.61. The monoisotopic (exact) mass is 303 g/mol. The highest BCUT2D eigenvalue weighted by molar-refractivity contribution is 5.99. The second kappa shape index (κ2) is 7.31. The molecule has 0 saturated heterocycles. The number of hydrogen-bond acceptors (Lipinski definition) is 3. The second-order valence-corrected chi connectivity index (χ2v) is 5.07. The molecule has 0 unspecified atom stereocenters. The molecule has 4 nitrogen and oxygen atoms in total. The van der Waals surface area contributed by atoms with Gasteiger partial charge >= 0.3 is 6.18 Å². The molecular weight excluding hydrogens is 283 g/mol. The highest BCUT2D eigenvalue weighted by Crippen LogP contribution is 2.31. The quantitative estimate of drug-likeness (QED) is 0.626. The number of nitrogen functional groups attached to an aromatic ring is 1. The minimum atomic E-state index is -4.49. The molecule has 7 heteroatoms. The van der Waals surface area contributed by atoms with E-state index in [1.165, 1.54) is 0 Å². The minimum absolute atomic E-state index is 0.0359. The number of nitrogens with two attached hydrogens (primary N) is 1. The summed E-state index contributed by atoms with van der Waals surface area (Å²) in [6, 6.07) is 2.75. The van der Waals surface area contributed by atoms with Crippen LogP contribution in [0.15, 0.2) is 18.2 Å². The van der Waals surface area contributed by atoms with Crippen LogP contribution >= 0.6 is 0 Å². The summed E-state index contributed by atoms with van der Waals surface area (Å²) in [5.74, 6) is -0.580. The van der Waals surface area contributed by atoms with Crippen molar-refractivity contribution in [3.05, 3.63) is 29.3 Å². The Balaban J connectivity index is 2.61. The maximum absolute atomic E-state index is 12.6. The number of halogens is 3. The molecule has 0 aromatic heterocycles. The van der Waals surface area contributed by atoms with E-state index in [2.05, 4.69) is 5.32 Å². The number of alkyl halides is 3. The van der Waals surface area contributed by atoms with Crippen LogP contribution in [0.25, 0.3) is 0 Å². The number of rotatable bonds is 6. The lowest BCUT2D eigenvalue weighted by Gasteiger charge is -2.12. The molecule has 0 heterocycles. The van der Waals surface area contributed by atoms with Crippen molar-refractivity contribution >= 4 is 11.6 Å². The first-order valence-electron chi connectivity index (χ1n) is 6.61. The van der Waals surface area contributed by atoms with Crippen LogP contribution in [0.3, 0.4) is 0 Å². The molecule has 0 bridgehead atoms. The summed E-state index contributed by atoms with van der Waals surface area (Å²) in [7, 11) is 3.89. The number of carbonyl (C=O) groups is 1. The summed E-state index contributed by atoms with van der Waals surface area (Å²) in [6.07, 6.45) is -2.84. The normalized spacial score (nSPS) is 11.7. The number of benzene rings is 1. The number of unbranched alkanes of at least 4 members (excludes halogenated alkanes) is 1. The molecule has 1 rings (SSSR count). The van der Waals surface area contributed by atoms with Gasteiger partial charge < -0.3 is 16.0 Å². The molecule has 0 fully saturated rings. The van der Waals surface area contributed by atoms with E-state index in [9.17, 15) is 18.0 Å². The average molecular weight is 303 g/mol. The average Bonchev–Trinajstić information content (AvgIpc) is 2.36. The van der Waals surface area contributed by atoms with Crippen molar-refractivity contribution in [1.82, 2.24) is 10.2 Å². The third-order valence-corrected chi connectivity index (χ3v) is 2.94. The Morgan fingerprint density at radius 1 is 1.29 bits per heavy atom. The summed E-state index contributed by atoms with van der Waals surface area (Å²) in [6.45, 7) is 1.30. The van der Waals surface area contributed by atoms with Crippen LogP contribution in [0.4, 0.5) is 18.9 Å². The number of nitrogens with one attached hydrogen (secondary N) is 1. The molecular formula is C14H20F3N3O. The SMILES string of the molecule is CN(C)CCCCNC(=O)c1cc(C(F)(F)F)ccc1N. The molecule has 3 N–H and O–H groups in total. The molecule has 0 saturated carbocycles. The van der Waals surface area contributed by atoms with Crippen LogP contribution in [0.1, 0.15) is 28.8 Å². The molecule has 0 aliphatic rings. The van der Waals surface area contributed by atoms with Crippen molar-refractivity contribution in [2.24, 2.45) is 0 Å². The zero-order chi connectivity index (χ0) is 16.0. The van der Waals surface area contributed by atoms with E-state index in [1.807, 2.05) is 19.0 Å². The van der Waals surface area contributed by atoms with E-state index in [0.29, 0.717) is 6.54 Å². The van der Waals surface area contributed by atoms with Gasteiger partial charge in [-0.15, -0.1) is 0 Å². The predicted molar refractivity (Wildman–Crippen MR) is 76.0 cm³/mol. The predicted octanol–water partition coefficient (Wildman–Crippen LogP) is 2.36. The van der Waals surface area contributed by atoms with Gasteiger partial charge in [0.05, 0.1) is 11.1 Å². The van der Waals surface area contributed by atoms with Gasteiger partial charge in [0.1, 0.15) is 0 Å². The van der Waals surface area contributed by atoms with Crippen molar-refractivity contribution in [3.63, 3.8) is 0 Å². The lowest BCUT2D eigenvalue weighted by molar-refractivity contribution is -0.137. The van der Waals surface area contributed by atoms with Crippen LogP contribution in [-0.2, 0) is 6.18 Å². The number of carbonyl (C=O) groups excluding carboxylic acids is 1. The maximum atomic E-state index is 12.6. The van der Waals surface area contributed by atoms with Gasteiger partial charge in [-0.1, -0.05) is 0 Å². The highest BCUT2D eigenvalue weighted by atomic mass is 19.4. The zero-order valence-electron chi connectivity index (χ0n) is 12.1. The molecule has 0 spiro atoms. The molecule has 1 amide bonds. The Hall–Kier alpha value is -1.76. The van der Waals surface area contributed by atoms with Crippen LogP contribution in [0.5, 0.6) is 0 Å². The molecule has 0 radical (unpaired) electrons. The van der Waals surface area contributed by atoms with Gasteiger partial charge in [0, 0.05) is 12.2 Å². The van der Waals surface area contributed by atoms with Crippen molar-refractivity contribution in [1.29, 1.82) is 0 Å². The van der Waals surface area contributed by atoms with Gasteiger partial charge in [0.2, 0.25) is 0 Å². The summed E-state index contributed by atoms with van der Waals surface area (Å²) in [5, 5.41) is 2.59. The summed E-state index contributed by atoms with van der Waals surface area (Å²) in [5.41, 5.74) is 4.58. The highest BCUT2D eigenvalue weighted by Gasteiger charge is 2.31. The van der Waals surface area contributed by atoms with E-state index < -0.39 is 17.6 Å². The Morgan fingerprint density at radius 3 is 2.52 bits per heavy atom. The van der Waals surface area contributed by atoms with Crippen molar-refractivity contribution < 1.29 is 18.0 Å². The smallest absolute Gasteiger partial charge is 0.398 e. The number of nitrogens with zero attached hydrogens (tertiary/aromatic N) is 1. The Bertz CT molecular complexity index is 487. The Kier molecular flexibility index (Phi) is 6.02. The third-order valence-electron chi connectivity index (χ3n) is 2.94. The van der Waals surface area contributed by atoms with Crippen LogP contribution < -0.4 is 11.1 Å². The molecule has 118 valence electrons. The molecule has 0 aliphatic heterocycles. The largest absolute Gasteiger partial charge is 0.416 e. The van der Waals surface area contributed by atoms with Gasteiger partial charge in [-0.25, -0.2) is 0 Å². The summed E-state index contributed by atoms with van der Waals surface area (Å²) in [4.78, 5) is 13.9.